The average Bonchev–Trinajstić information content (AvgIpc) is 2.33. The Bertz CT molecular complexity index is 434. The predicted octanol–water partition coefficient (Wildman–Crippen LogP) is 1.29. The highest BCUT2D eigenvalue weighted by atomic mass is 16.5. The number of esters is 1. The summed E-state index contributed by atoms with van der Waals surface area (Å²) in [6, 6.07) is 0. The Labute approximate surface area is 91.1 Å². The number of hydrogen-bond donors (Lipinski definition) is 1. The summed E-state index contributed by atoms with van der Waals surface area (Å²) in [6.45, 7) is 3.36. The number of allylic oxidation sites excluding steroid dienone is 1. The van der Waals surface area contributed by atoms with Crippen LogP contribution in [0.5, 0.6) is 0 Å². The first kappa shape index (κ1) is 5.71. The fraction of sp³-hybridized carbons (Fsp3) is 0.545. The largest absolute Gasteiger partial charge is 0.469 e. The Morgan fingerprint density at radius 3 is 3.21 bits per heavy atom. The molecule has 1 N–H and O–H groups in total. The van der Waals surface area contributed by atoms with Gasteiger partial charge < -0.3 is 9.84 Å². The van der Waals surface area contributed by atoms with Gasteiger partial charge in [0.05, 0.1) is 20.5 Å². The van der Waals surface area contributed by atoms with Crippen molar-refractivity contribution < 1.29 is 21.5 Å². The van der Waals surface area contributed by atoms with Crippen LogP contribution in [0, 0.1) is 11.8 Å². The molecular weight excluding hydrogens is 180 g/mol. The quantitative estimate of drug-likeness (QED) is 0.553. The van der Waals surface area contributed by atoms with Crippen molar-refractivity contribution in [3.05, 3.63) is 24.8 Å². The molecule has 0 amide bonds. The highest BCUT2D eigenvalue weighted by molar-refractivity contribution is 5.74. The molecule has 3 atom stereocenters. The van der Waals surface area contributed by atoms with E-state index in [1.54, 1.807) is 0 Å². The van der Waals surface area contributed by atoms with Crippen molar-refractivity contribution in [1.29, 1.82) is 0 Å². The van der Waals surface area contributed by atoms with Crippen molar-refractivity contribution in [3.63, 3.8) is 0 Å². The zero-order valence-corrected chi connectivity index (χ0v) is 7.91. The maximum Gasteiger partial charge on any atom is 0.312 e. The van der Waals surface area contributed by atoms with E-state index in [-0.39, 0.29) is 0 Å². The van der Waals surface area contributed by atoms with Crippen molar-refractivity contribution in [2.45, 2.75) is 18.9 Å². The van der Waals surface area contributed by atoms with Crippen LogP contribution in [0.1, 0.15) is 19.6 Å². The molecule has 3 nitrogen and oxygen atoms in total. The molecule has 0 saturated heterocycles. The van der Waals surface area contributed by atoms with Crippen molar-refractivity contribution in [2.24, 2.45) is 11.8 Å². The molecule has 1 aliphatic rings. The first-order valence-corrected chi connectivity index (χ1v) is 4.12. The standard InChI is InChI=1S/C11H16O3/c1-3-4-8-7-9(11(13)14-2)5-6-10(8)12/h3,5-6,8-10,12H,1,4,7H2,2H3/i7D2,8D,9D,10D. The monoisotopic (exact) mass is 201 g/mol. The van der Waals surface area contributed by atoms with Crippen molar-refractivity contribution in [1.82, 2.24) is 0 Å². The third-order valence-electron chi connectivity index (χ3n) is 1.76. The first-order valence-electron chi connectivity index (χ1n) is 6.62. The van der Waals surface area contributed by atoms with E-state index in [2.05, 4.69) is 11.3 Å². The van der Waals surface area contributed by atoms with Crippen molar-refractivity contribution >= 4 is 5.97 Å². The molecule has 3 heteroatoms. The highest BCUT2D eigenvalue weighted by Gasteiger charge is 2.28. The number of carbonyl (C=O) groups excluding carboxylic acids is 1. The Kier molecular flexibility index (Phi) is 2.02. The van der Waals surface area contributed by atoms with Crippen LogP contribution in [0.2, 0.25) is 0 Å². The smallest absolute Gasteiger partial charge is 0.312 e. The second kappa shape index (κ2) is 4.96. The molecule has 0 spiro atoms. The Hall–Kier alpha value is -1.09. The summed E-state index contributed by atoms with van der Waals surface area (Å²) >= 11 is 0. The lowest BCUT2D eigenvalue weighted by molar-refractivity contribution is -0.144. The second-order valence-electron chi connectivity index (χ2n) is 2.72. The van der Waals surface area contributed by atoms with Gasteiger partial charge in [-0.05, 0) is 18.7 Å². The van der Waals surface area contributed by atoms with Crippen LogP contribution in [0.15, 0.2) is 24.8 Å². The van der Waals surface area contributed by atoms with Crippen LogP contribution in [0.25, 0.3) is 0 Å². The third kappa shape index (κ3) is 2.45. The molecule has 0 saturated carbocycles. The number of methoxy groups -OCH3 is 1. The molecule has 0 radical (unpaired) electrons. The lowest BCUT2D eigenvalue weighted by atomic mass is 9.83. The Morgan fingerprint density at radius 1 is 1.93 bits per heavy atom. The van der Waals surface area contributed by atoms with Gasteiger partial charge in [0, 0.05) is 5.48 Å². The summed E-state index contributed by atoms with van der Waals surface area (Å²) in [5.41, 5.74) is 0. The normalized spacial score (nSPS) is 55.7. The lowest BCUT2D eigenvalue weighted by Gasteiger charge is -2.26. The number of aliphatic hydroxyl groups is 1. The van der Waals surface area contributed by atoms with Gasteiger partial charge in [0.15, 0.2) is 0 Å². The molecule has 0 aromatic carbocycles. The van der Waals surface area contributed by atoms with E-state index in [1.165, 1.54) is 6.08 Å². The summed E-state index contributed by atoms with van der Waals surface area (Å²) in [6.07, 6.45) is -3.12. The Balaban J connectivity index is 3.53. The zero-order chi connectivity index (χ0) is 15.1. The van der Waals surface area contributed by atoms with Gasteiger partial charge >= 0.3 is 5.97 Å². The number of ether oxygens (including phenoxy) is 1. The van der Waals surface area contributed by atoms with E-state index in [9.17, 15) is 9.90 Å². The van der Waals surface area contributed by atoms with E-state index in [0.717, 1.165) is 19.3 Å². The van der Waals surface area contributed by atoms with Crippen molar-refractivity contribution in [2.75, 3.05) is 7.11 Å². The molecule has 0 aromatic heterocycles. The Morgan fingerprint density at radius 2 is 2.64 bits per heavy atom. The summed E-state index contributed by atoms with van der Waals surface area (Å²) in [5, 5.41) is 9.92. The summed E-state index contributed by atoms with van der Waals surface area (Å²) in [4.78, 5) is 11.7. The fourth-order valence-electron chi connectivity index (χ4n) is 1.06. The topological polar surface area (TPSA) is 46.5 Å². The molecule has 0 heterocycles. The summed E-state index contributed by atoms with van der Waals surface area (Å²) < 4.78 is 44.0. The molecule has 0 bridgehead atoms. The van der Waals surface area contributed by atoms with E-state index in [0.29, 0.717) is 0 Å². The van der Waals surface area contributed by atoms with E-state index >= 15 is 0 Å². The third-order valence-corrected chi connectivity index (χ3v) is 1.76. The maximum absolute atomic E-state index is 11.7. The van der Waals surface area contributed by atoms with Crippen LogP contribution < -0.4 is 0 Å². The minimum absolute atomic E-state index is 0.401. The molecular formula is C11H16O3. The number of rotatable bonds is 3. The van der Waals surface area contributed by atoms with Crippen LogP contribution in [0.3, 0.4) is 0 Å². The molecule has 14 heavy (non-hydrogen) atoms. The van der Waals surface area contributed by atoms with E-state index < -0.39 is 36.6 Å². The van der Waals surface area contributed by atoms with Gasteiger partial charge in [-0.25, -0.2) is 0 Å². The average molecular weight is 201 g/mol. The molecule has 78 valence electrons. The van der Waals surface area contributed by atoms with Crippen LogP contribution in [0.4, 0.5) is 0 Å². The van der Waals surface area contributed by atoms with E-state index in [1.807, 2.05) is 0 Å². The second-order valence-corrected chi connectivity index (χ2v) is 2.72. The molecule has 1 aliphatic carbocycles. The van der Waals surface area contributed by atoms with Crippen LogP contribution in [-0.2, 0) is 9.53 Å². The molecule has 1 rings (SSSR count). The first-order chi connectivity index (χ1) is 8.50. The van der Waals surface area contributed by atoms with Gasteiger partial charge in [-0.1, -0.05) is 18.2 Å². The van der Waals surface area contributed by atoms with Gasteiger partial charge in [-0.2, -0.15) is 0 Å². The van der Waals surface area contributed by atoms with Crippen LogP contribution in [-0.4, -0.2) is 24.3 Å². The van der Waals surface area contributed by atoms with Crippen molar-refractivity contribution in [3.8, 4) is 0 Å². The fourth-order valence-corrected chi connectivity index (χ4v) is 1.06. The van der Waals surface area contributed by atoms with Gasteiger partial charge in [0.1, 0.15) is 0 Å². The zero-order valence-electron chi connectivity index (χ0n) is 12.9. The van der Waals surface area contributed by atoms with Gasteiger partial charge in [0.2, 0.25) is 0 Å². The van der Waals surface area contributed by atoms with Gasteiger partial charge in [-0.3, -0.25) is 4.79 Å². The van der Waals surface area contributed by atoms with Gasteiger partial charge in [-0.15, -0.1) is 6.58 Å². The molecule has 3 unspecified atom stereocenters. The number of carbonyl (C=O) groups is 1. The molecule has 0 aliphatic heterocycles. The van der Waals surface area contributed by atoms with E-state index in [4.69, 9.17) is 6.85 Å². The minimum atomic E-state index is -2.84. The lowest BCUT2D eigenvalue weighted by Crippen LogP contribution is -2.28. The van der Waals surface area contributed by atoms with Gasteiger partial charge in [0.25, 0.3) is 0 Å². The summed E-state index contributed by atoms with van der Waals surface area (Å²) in [7, 11) is 1.00. The number of hydrogen-bond acceptors (Lipinski definition) is 3. The minimum Gasteiger partial charge on any atom is -0.469 e. The highest BCUT2D eigenvalue weighted by Crippen LogP contribution is 2.27. The molecule has 0 fully saturated rings. The molecule has 0 aromatic rings. The maximum atomic E-state index is 11.7. The van der Waals surface area contributed by atoms with Crippen LogP contribution >= 0.6 is 0 Å². The predicted molar refractivity (Wildman–Crippen MR) is 53.6 cm³/mol. The SMILES string of the molecule is [2H]C1(O)C=CC([2H])(C(=O)OC)C([2H])([2H])C1([2H])CC=C. The summed E-state index contributed by atoms with van der Waals surface area (Å²) in [5.74, 6) is -6.14.